The van der Waals surface area contributed by atoms with E-state index < -0.39 is 5.97 Å². The van der Waals surface area contributed by atoms with E-state index in [4.69, 9.17) is 14.2 Å². The third kappa shape index (κ3) is 6.32. The van der Waals surface area contributed by atoms with Crippen molar-refractivity contribution in [2.75, 3.05) is 46.6 Å². The number of likely N-dealkylation sites (N-methyl/N-ethyl adjacent to an activating group) is 1. The molecule has 9 nitrogen and oxygen atoms in total. The van der Waals surface area contributed by atoms with Crippen LogP contribution >= 0.6 is 11.8 Å². The van der Waals surface area contributed by atoms with Gasteiger partial charge in [-0.15, -0.1) is 0 Å². The highest BCUT2D eigenvalue weighted by atomic mass is 32.2. The van der Waals surface area contributed by atoms with Crippen LogP contribution < -0.4 is 4.74 Å². The number of hydrogen-bond acceptors (Lipinski definition) is 8. The standard InChI is InChI=1S/C26H27N3O6S/c1-3-34-25(32)19-7-5-8-20(16-19)27-26-28(2)24(31)22(36-26)15-18-6-4-9-21(14-18)35-17-23(30)29-10-12-33-13-11-29/h4-9,14-16H,3,10-13,17H2,1-2H3. The number of ether oxygens (including phenoxy) is 3. The molecule has 0 bridgehead atoms. The molecule has 2 heterocycles. The average Bonchev–Trinajstić information content (AvgIpc) is 3.16. The number of hydrogen-bond donors (Lipinski definition) is 0. The Balaban J connectivity index is 1.44. The Morgan fingerprint density at radius 3 is 2.69 bits per heavy atom. The van der Waals surface area contributed by atoms with Crippen molar-refractivity contribution >= 4 is 46.5 Å². The number of rotatable bonds is 7. The zero-order valence-corrected chi connectivity index (χ0v) is 21.0. The number of amides is 2. The molecule has 2 amide bonds. The van der Waals surface area contributed by atoms with E-state index in [2.05, 4.69) is 4.99 Å². The van der Waals surface area contributed by atoms with Gasteiger partial charge in [0.25, 0.3) is 11.8 Å². The average molecular weight is 510 g/mol. The van der Waals surface area contributed by atoms with Gasteiger partial charge in [-0.3, -0.25) is 14.5 Å². The normalized spacial score (nSPS) is 18.1. The summed E-state index contributed by atoms with van der Waals surface area (Å²) < 4.78 is 16.0. The lowest BCUT2D eigenvalue weighted by molar-refractivity contribution is -0.137. The van der Waals surface area contributed by atoms with Crippen molar-refractivity contribution in [2.24, 2.45) is 4.99 Å². The number of aliphatic imine (C=N–C) groups is 1. The van der Waals surface area contributed by atoms with Crippen LogP contribution in [0.5, 0.6) is 5.75 Å². The largest absolute Gasteiger partial charge is 0.484 e. The van der Waals surface area contributed by atoms with Gasteiger partial charge in [0.1, 0.15) is 5.75 Å². The van der Waals surface area contributed by atoms with Gasteiger partial charge < -0.3 is 19.1 Å². The summed E-state index contributed by atoms with van der Waals surface area (Å²) in [4.78, 5) is 45.4. The van der Waals surface area contributed by atoms with E-state index in [1.165, 1.54) is 16.7 Å². The van der Waals surface area contributed by atoms with Crippen LogP contribution in [0.15, 0.2) is 58.4 Å². The fraction of sp³-hybridized carbons (Fsp3) is 0.308. The van der Waals surface area contributed by atoms with Gasteiger partial charge in [0, 0.05) is 20.1 Å². The first-order valence-electron chi connectivity index (χ1n) is 11.6. The third-order valence-electron chi connectivity index (χ3n) is 5.47. The van der Waals surface area contributed by atoms with Gasteiger partial charge in [0.2, 0.25) is 0 Å². The maximum atomic E-state index is 12.8. The number of carbonyl (C=O) groups is 3. The smallest absolute Gasteiger partial charge is 0.338 e. The van der Waals surface area contributed by atoms with E-state index in [1.54, 1.807) is 61.3 Å². The molecule has 10 heteroatoms. The fourth-order valence-electron chi connectivity index (χ4n) is 3.57. The second kappa shape index (κ2) is 11.9. The van der Waals surface area contributed by atoms with Crippen molar-refractivity contribution in [3.05, 3.63) is 64.6 Å². The Labute approximate surface area is 213 Å². The van der Waals surface area contributed by atoms with Crippen molar-refractivity contribution in [1.29, 1.82) is 0 Å². The van der Waals surface area contributed by atoms with Crippen LogP contribution in [0.3, 0.4) is 0 Å². The summed E-state index contributed by atoms with van der Waals surface area (Å²) in [5.41, 5.74) is 1.71. The zero-order valence-electron chi connectivity index (χ0n) is 20.1. The van der Waals surface area contributed by atoms with Crippen LogP contribution in [-0.4, -0.2) is 79.3 Å². The van der Waals surface area contributed by atoms with E-state index in [1.807, 2.05) is 12.1 Å². The first-order chi connectivity index (χ1) is 17.4. The highest BCUT2D eigenvalue weighted by Crippen LogP contribution is 2.33. The van der Waals surface area contributed by atoms with Gasteiger partial charge in [-0.1, -0.05) is 18.2 Å². The Kier molecular flexibility index (Phi) is 8.40. The molecule has 188 valence electrons. The molecule has 0 atom stereocenters. The lowest BCUT2D eigenvalue weighted by Crippen LogP contribution is -2.42. The first-order valence-corrected chi connectivity index (χ1v) is 12.4. The molecule has 36 heavy (non-hydrogen) atoms. The number of amidine groups is 1. The SMILES string of the molecule is CCOC(=O)c1cccc(N=C2SC(=Cc3cccc(OCC(=O)N4CCOCC4)c3)C(=O)N2C)c1. The molecule has 0 unspecified atom stereocenters. The Morgan fingerprint density at radius 2 is 1.92 bits per heavy atom. The first kappa shape index (κ1) is 25.5. The lowest BCUT2D eigenvalue weighted by Gasteiger charge is -2.26. The second-order valence-electron chi connectivity index (χ2n) is 7.99. The predicted octanol–water partition coefficient (Wildman–Crippen LogP) is 3.33. The molecular formula is C26H27N3O6S. The number of esters is 1. The highest BCUT2D eigenvalue weighted by molar-refractivity contribution is 8.18. The molecule has 0 spiro atoms. The Hall–Kier alpha value is -3.63. The molecule has 4 rings (SSSR count). The van der Waals surface area contributed by atoms with E-state index in [0.717, 1.165) is 5.56 Å². The number of carbonyl (C=O) groups excluding carboxylic acids is 3. The number of thioether (sulfide) groups is 1. The predicted molar refractivity (Wildman–Crippen MR) is 137 cm³/mol. The third-order valence-corrected chi connectivity index (χ3v) is 6.53. The molecule has 0 N–H and O–H groups in total. The highest BCUT2D eigenvalue weighted by Gasteiger charge is 2.30. The maximum absolute atomic E-state index is 12.8. The molecule has 0 aromatic heterocycles. The summed E-state index contributed by atoms with van der Waals surface area (Å²) in [6, 6.07) is 14.0. The van der Waals surface area contributed by atoms with Crippen LogP contribution in [-0.2, 0) is 19.1 Å². The second-order valence-corrected chi connectivity index (χ2v) is 9.00. The monoisotopic (exact) mass is 509 g/mol. The van der Waals surface area contributed by atoms with Gasteiger partial charge in [-0.2, -0.15) is 0 Å². The summed E-state index contributed by atoms with van der Waals surface area (Å²) in [5, 5.41) is 0.496. The molecule has 0 saturated carbocycles. The lowest BCUT2D eigenvalue weighted by atomic mass is 10.2. The van der Waals surface area contributed by atoms with Crippen molar-refractivity contribution in [2.45, 2.75) is 6.92 Å². The van der Waals surface area contributed by atoms with Crippen molar-refractivity contribution in [3.63, 3.8) is 0 Å². The molecule has 2 fully saturated rings. The zero-order chi connectivity index (χ0) is 25.5. The molecule has 2 aromatic rings. The number of morpholine rings is 1. The van der Waals surface area contributed by atoms with Gasteiger partial charge in [-0.05, 0) is 60.7 Å². The van der Waals surface area contributed by atoms with Gasteiger partial charge in [0.05, 0.1) is 36.0 Å². The molecule has 2 aliphatic heterocycles. The molecular weight excluding hydrogens is 482 g/mol. The van der Waals surface area contributed by atoms with E-state index >= 15 is 0 Å². The maximum Gasteiger partial charge on any atom is 0.338 e. The molecule has 2 aromatic carbocycles. The molecule has 0 radical (unpaired) electrons. The molecule has 2 aliphatic rings. The summed E-state index contributed by atoms with van der Waals surface area (Å²) in [5.74, 6) is -0.149. The minimum absolute atomic E-state index is 0.0574. The van der Waals surface area contributed by atoms with Crippen LogP contribution in [0.25, 0.3) is 6.08 Å². The van der Waals surface area contributed by atoms with Gasteiger partial charge in [0.15, 0.2) is 11.8 Å². The van der Waals surface area contributed by atoms with E-state index in [9.17, 15) is 14.4 Å². The topological polar surface area (TPSA) is 97.7 Å². The van der Waals surface area contributed by atoms with Crippen molar-refractivity contribution < 1.29 is 28.6 Å². The summed E-state index contributed by atoms with van der Waals surface area (Å²) in [6.45, 7) is 4.19. The van der Waals surface area contributed by atoms with Gasteiger partial charge >= 0.3 is 5.97 Å². The quantitative estimate of drug-likeness (QED) is 0.417. The minimum Gasteiger partial charge on any atom is -0.484 e. The summed E-state index contributed by atoms with van der Waals surface area (Å²) >= 11 is 1.24. The van der Waals surface area contributed by atoms with Crippen LogP contribution in [0.4, 0.5) is 5.69 Å². The van der Waals surface area contributed by atoms with Crippen molar-refractivity contribution in [3.8, 4) is 5.75 Å². The van der Waals surface area contributed by atoms with Crippen molar-refractivity contribution in [1.82, 2.24) is 9.80 Å². The number of benzene rings is 2. The van der Waals surface area contributed by atoms with E-state index in [0.29, 0.717) is 53.4 Å². The van der Waals surface area contributed by atoms with Crippen LogP contribution in [0.1, 0.15) is 22.8 Å². The summed E-state index contributed by atoms with van der Waals surface area (Å²) in [7, 11) is 1.65. The van der Waals surface area contributed by atoms with Crippen LogP contribution in [0.2, 0.25) is 0 Å². The molecule has 2 saturated heterocycles. The van der Waals surface area contributed by atoms with Gasteiger partial charge in [-0.25, -0.2) is 9.79 Å². The Bertz CT molecular complexity index is 1210. The molecule has 0 aliphatic carbocycles. The summed E-state index contributed by atoms with van der Waals surface area (Å²) in [6.07, 6.45) is 1.76. The Morgan fingerprint density at radius 1 is 1.14 bits per heavy atom. The minimum atomic E-state index is -0.419. The number of nitrogens with zero attached hydrogens (tertiary/aromatic N) is 3. The van der Waals surface area contributed by atoms with E-state index in [-0.39, 0.29) is 25.0 Å². The fourth-order valence-corrected chi connectivity index (χ4v) is 4.56. The van der Waals surface area contributed by atoms with Crippen LogP contribution in [0, 0.1) is 0 Å².